The Balaban J connectivity index is 1.67. The number of hydrogen-bond acceptors (Lipinski definition) is 7. The maximum Gasteiger partial charge on any atom is 0.322 e. The number of carbonyl (C=O) groups excluding carboxylic acids is 1. The molecule has 9 heteroatoms. The molecule has 0 unspecified atom stereocenters. The summed E-state index contributed by atoms with van der Waals surface area (Å²) >= 11 is 1.59. The number of thioether (sulfide) groups is 1. The number of benzene rings is 2. The zero-order valence-corrected chi connectivity index (χ0v) is 15.0. The van der Waals surface area contributed by atoms with Crippen molar-refractivity contribution in [3.8, 4) is 11.5 Å². The lowest BCUT2D eigenvalue weighted by Crippen LogP contribution is -2.07. The highest BCUT2D eigenvalue weighted by Crippen LogP contribution is 2.24. The number of carbonyl (C=O) groups is 1. The average molecular weight is 382 g/mol. The van der Waals surface area contributed by atoms with Crippen molar-refractivity contribution in [1.82, 2.24) is 10.2 Å². The molecule has 1 aromatic heterocycles. The van der Waals surface area contributed by atoms with E-state index in [4.69, 9.17) is 4.42 Å². The molecule has 1 N–H and O–H groups in total. The molecule has 136 valence electrons. The van der Waals surface area contributed by atoms with Gasteiger partial charge < -0.3 is 4.42 Å². The van der Waals surface area contributed by atoms with Crippen LogP contribution in [0.5, 0.6) is 0 Å². The van der Waals surface area contributed by atoms with E-state index in [9.17, 15) is 14.9 Å². The van der Waals surface area contributed by atoms with E-state index in [-0.39, 0.29) is 11.7 Å². The standard InChI is InChI=1S/C18H14N4O4S/c1-27-15-7-3-5-13(11-15)17-20-21-18(26-17)19-16(23)9-8-12-4-2-6-14(10-12)22(24)25/h2-11H,1H3,(H,19,21,23). The largest absolute Gasteiger partial charge is 0.403 e. The van der Waals surface area contributed by atoms with Crippen LogP contribution in [-0.2, 0) is 4.79 Å². The Bertz CT molecular complexity index is 1020. The van der Waals surface area contributed by atoms with Crippen molar-refractivity contribution in [2.45, 2.75) is 4.90 Å². The van der Waals surface area contributed by atoms with E-state index < -0.39 is 10.8 Å². The number of non-ortho nitro benzene ring substituents is 1. The van der Waals surface area contributed by atoms with Gasteiger partial charge in [-0.25, -0.2) is 0 Å². The fourth-order valence-electron chi connectivity index (χ4n) is 2.21. The maximum atomic E-state index is 12.0. The van der Waals surface area contributed by atoms with Gasteiger partial charge in [0.1, 0.15) is 0 Å². The molecule has 3 aromatic rings. The molecule has 1 heterocycles. The van der Waals surface area contributed by atoms with Crippen molar-refractivity contribution < 1.29 is 14.1 Å². The zero-order valence-electron chi connectivity index (χ0n) is 14.2. The van der Waals surface area contributed by atoms with Gasteiger partial charge in [0.05, 0.1) is 4.92 Å². The van der Waals surface area contributed by atoms with Crippen LogP contribution in [0.25, 0.3) is 17.5 Å². The quantitative estimate of drug-likeness (QED) is 0.297. The van der Waals surface area contributed by atoms with E-state index in [1.165, 1.54) is 24.3 Å². The van der Waals surface area contributed by atoms with E-state index >= 15 is 0 Å². The Labute approximate surface area is 158 Å². The van der Waals surface area contributed by atoms with Crippen molar-refractivity contribution in [2.75, 3.05) is 11.6 Å². The summed E-state index contributed by atoms with van der Waals surface area (Å²) in [6, 6.07) is 13.5. The predicted molar refractivity (Wildman–Crippen MR) is 102 cm³/mol. The van der Waals surface area contributed by atoms with Gasteiger partial charge in [0.2, 0.25) is 5.89 Å². The molecular weight excluding hydrogens is 368 g/mol. The molecule has 2 aromatic carbocycles. The number of nitro benzene ring substituents is 1. The molecule has 8 nitrogen and oxygen atoms in total. The first-order valence-electron chi connectivity index (χ1n) is 7.76. The summed E-state index contributed by atoms with van der Waals surface area (Å²) in [5.74, 6) is -0.196. The molecule has 0 radical (unpaired) electrons. The normalized spacial score (nSPS) is 10.9. The van der Waals surface area contributed by atoms with Crippen LogP contribution in [0.2, 0.25) is 0 Å². The van der Waals surface area contributed by atoms with Crippen LogP contribution in [0, 0.1) is 10.1 Å². The van der Waals surface area contributed by atoms with Crippen molar-refractivity contribution in [2.24, 2.45) is 0 Å². The number of nitrogens with one attached hydrogen (secondary N) is 1. The van der Waals surface area contributed by atoms with Crippen molar-refractivity contribution >= 4 is 35.4 Å². The molecule has 27 heavy (non-hydrogen) atoms. The summed E-state index contributed by atoms with van der Waals surface area (Å²) in [4.78, 5) is 23.3. The molecule has 0 aliphatic heterocycles. The molecule has 0 saturated heterocycles. The lowest BCUT2D eigenvalue weighted by atomic mass is 10.2. The summed E-state index contributed by atoms with van der Waals surface area (Å²) in [5.41, 5.74) is 1.23. The first kappa shape index (κ1) is 18.3. The zero-order chi connectivity index (χ0) is 19.2. The third kappa shape index (κ3) is 4.79. The number of amides is 1. The van der Waals surface area contributed by atoms with E-state index in [0.29, 0.717) is 11.5 Å². The number of rotatable bonds is 6. The van der Waals surface area contributed by atoms with Gasteiger partial charge in [0.15, 0.2) is 0 Å². The van der Waals surface area contributed by atoms with Crippen molar-refractivity contribution in [1.29, 1.82) is 0 Å². The molecule has 0 atom stereocenters. The molecule has 0 aliphatic carbocycles. The Hall–Kier alpha value is -3.46. The molecule has 3 rings (SSSR count). The first-order valence-corrected chi connectivity index (χ1v) is 8.99. The smallest absolute Gasteiger partial charge is 0.322 e. The van der Waals surface area contributed by atoms with Gasteiger partial charge in [-0.2, -0.15) is 0 Å². The number of nitro groups is 1. The van der Waals surface area contributed by atoms with Gasteiger partial charge in [0.25, 0.3) is 11.6 Å². The second kappa shape index (κ2) is 8.28. The van der Waals surface area contributed by atoms with Crippen LogP contribution < -0.4 is 5.32 Å². The van der Waals surface area contributed by atoms with Crippen LogP contribution in [0.15, 0.2) is 63.9 Å². The maximum absolute atomic E-state index is 12.0. The fraction of sp³-hybridized carbons (Fsp3) is 0.0556. The summed E-state index contributed by atoms with van der Waals surface area (Å²) in [5, 5.41) is 21.0. The molecule has 0 bridgehead atoms. The Morgan fingerprint density at radius 3 is 2.81 bits per heavy atom. The minimum Gasteiger partial charge on any atom is -0.403 e. The summed E-state index contributed by atoms with van der Waals surface area (Å²) in [6.07, 6.45) is 4.66. The summed E-state index contributed by atoms with van der Waals surface area (Å²) < 4.78 is 5.46. The highest BCUT2D eigenvalue weighted by Gasteiger charge is 2.11. The highest BCUT2D eigenvalue weighted by atomic mass is 32.2. The number of anilines is 1. The van der Waals surface area contributed by atoms with Gasteiger partial charge >= 0.3 is 6.01 Å². The average Bonchev–Trinajstić information content (AvgIpc) is 3.15. The SMILES string of the molecule is CSc1cccc(-c2nnc(NC(=O)C=Cc3cccc([N+](=O)[O-])c3)o2)c1. The number of hydrogen-bond donors (Lipinski definition) is 1. The lowest BCUT2D eigenvalue weighted by molar-refractivity contribution is -0.384. The van der Waals surface area contributed by atoms with Gasteiger partial charge in [-0.05, 0) is 36.1 Å². The first-order chi connectivity index (χ1) is 13.0. The van der Waals surface area contributed by atoms with Crippen molar-refractivity contribution in [3.05, 3.63) is 70.3 Å². The minimum atomic E-state index is -0.497. The third-order valence-electron chi connectivity index (χ3n) is 3.48. The fourth-order valence-corrected chi connectivity index (χ4v) is 2.67. The third-order valence-corrected chi connectivity index (χ3v) is 4.21. The second-order valence-electron chi connectivity index (χ2n) is 5.32. The predicted octanol–water partition coefficient (Wildman–Crippen LogP) is 4.02. The minimum absolute atomic E-state index is 0.0340. The lowest BCUT2D eigenvalue weighted by Gasteiger charge is -1.98. The highest BCUT2D eigenvalue weighted by molar-refractivity contribution is 7.98. The summed E-state index contributed by atoms with van der Waals surface area (Å²) in [7, 11) is 0. The van der Waals surface area contributed by atoms with Gasteiger partial charge in [-0.1, -0.05) is 23.3 Å². The van der Waals surface area contributed by atoms with Crippen LogP contribution in [0.1, 0.15) is 5.56 Å². The summed E-state index contributed by atoms with van der Waals surface area (Å²) in [6.45, 7) is 0. The van der Waals surface area contributed by atoms with Crippen LogP contribution >= 0.6 is 11.8 Å². The van der Waals surface area contributed by atoms with E-state index in [1.807, 2.05) is 30.5 Å². The van der Waals surface area contributed by atoms with E-state index in [2.05, 4.69) is 15.5 Å². The van der Waals surface area contributed by atoms with Crippen LogP contribution in [-0.4, -0.2) is 27.3 Å². The van der Waals surface area contributed by atoms with Crippen LogP contribution in [0.4, 0.5) is 11.7 Å². The molecule has 0 fully saturated rings. The van der Waals surface area contributed by atoms with Gasteiger partial charge in [-0.15, -0.1) is 16.9 Å². The monoisotopic (exact) mass is 382 g/mol. The Morgan fingerprint density at radius 2 is 2.04 bits per heavy atom. The second-order valence-corrected chi connectivity index (χ2v) is 6.20. The Morgan fingerprint density at radius 1 is 1.22 bits per heavy atom. The van der Waals surface area contributed by atoms with Gasteiger partial charge in [-0.3, -0.25) is 20.2 Å². The number of aromatic nitrogens is 2. The molecule has 0 spiro atoms. The van der Waals surface area contributed by atoms with Gasteiger partial charge in [0, 0.05) is 28.7 Å². The van der Waals surface area contributed by atoms with Crippen molar-refractivity contribution in [3.63, 3.8) is 0 Å². The topological polar surface area (TPSA) is 111 Å². The molecule has 1 amide bonds. The molecule has 0 saturated carbocycles. The Kier molecular flexibility index (Phi) is 5.62. The number of nitrogens with zero attached hydrogens (tertiary/aromatic N) is 3. The molecule has 0 aliphatic rings. The molecular formula is C18H14N4O4S. The van der Waals surface area contributed by atoms with E-state index in [0.717, 1.165) is 10.5 Å². The van der Waals surface area contributed by atoms with E-state index in [1.54, 1.807) is 23.9 Å². The van der Waals surface area contributed by atoms with Crippen LogP contribution in [0.3, 0.4) is 0 Å².